The van der Waals surface area contributed by atoms with Gasteiger partial charge in [0.15, 0.2) is 0 Å². The second kappa shape index (κ2) is 3.11. The largest absolute Gasteiger partial charge is 0.394 e. The Morgan fingerprint density at radius 2 is 2.00 bits per heavy atom. The predicted molar refractivity (Wildman–Crippen MR) is 40.6 cm³/mol. The van der Waals surface area contributed by atoms with E-state index in [2.05, 4.69) is 10.6 Å². The molecule has 62 valence electrons. The van der Waals surface area contributed by atoms with Crippen molar-refractivity contribution in [1.82, 2.24) is 15.7 Å². The summed E-state index contributed by atoms with van der Waals surface area (Å²) in [6.07, 6.45) is 7.47. The molecule has 0 spiro atoms. The lowest BCUT2D eigenvalue weighted by molar-refractivity contribution is -0.111. The van der Waals surface area contributed by atoms with Crippen LogP contribution in [-0.2, 0) is 4.84 Å². The Labute approximate surface area is 66.3 Å². The maximum Gasteiger partial charge on any atom is 0.132 e. The van der Waals surface area contributed by atoms with Gasteiger partial charge in [0.2, 0.25) is 0 Å². The Balaban J connectivity index is 1.87. The fourth-order valence-corrected chi connectivity index (χ4v) is 1.45. The van der Waals surface area contributed by atoms with Gasteiger partial charge in [0, 0.05) is 13.1 Å². The molecule has 2 rings (SSSR count). The van der Waals surface area contributed by atoms with Gasteiger partial charge < -0.3 is 4.84 Å². The Morgan fingerprint density at radius 3 is 2.64 bits per heavy atom. The molecule has 2 aliphatic heterocycles. The second-order valence-electron chi connectivity index (χ2n) is 2.85. The molecule has 2 heterocycles. The van der Waals surface area contributed by atoms with E-state index in [1.54, 1.807) is 6.26 Å². The number of hydrazine groups is 2. The second-order valence-corrected chi connectivity index (χ2v) is 2.85. The summed E-state index contributed by atoms with van der Waals surface area (Å²) < 4.78 is 0. The quantitative estimate of drug-likeness (QED) is 0.600. The smallest absolute Gasteiger partial charge is 0.132 e. The van der Waals surface area contributed by atoms with Crippen molar-refractivity contribution < 1.29 is 4.84 Å². The number of hydrogen-bond donors (Lipinski definition) is 1. The normalized spacial score (nSPS) is 25.6. The summed E-state index contributed by atoms with van der Waals surface area (Å²) in [6.45, 7) is 2.25. The van der Waals surface area contributed by atoms with Crippen LogP contribution in [0.3, 0.4) is 0 Å². The molecule has 0 unspecified atom stereocenters. The maximum absolute atomic E-state index is 4.86. The minimum Gasteiger partial charge on any atom is -0.394 e. The summed E-state index contributed by atoms with van der Waals surface area (Å²) in [5, 5.41) is 4.14. The van der Waals surface area contributed by atoms with Crippen LogP contribution in [0.15, 0.2) is 12.5 Å². The first-order valence-electron chi connectivity index (χ1n) is 4.09. The molecule has 0 saturated carbocycles. The Kier molecular flexibility index (Phi) is 1.96. The highest BCUT2D eigenvalue weighted by Crippen LogP contribution is 2.11. The van der Waals surface area contributed by atoms with E-state index in [-0.39, 0.29) is 0 Å². The zero-order valence-corrected chi connectivity index (χ0v) is 6.49. The van der Waals surface area contributed by atoms with E-state index in [0.29, 0.717) is 0 Å². The lowest BCUT2D eigenvalue weighted by Crippen LogP contribution is -2.46. The van der Waals surface area contributed by atoms with E-state index in [1.807, 2.05) is 11.3 Å². The van der Waals surface area contributed by atoms with E-state index in [1.165, 1.54) is 19.3 Å². The summed E-state index contributed by atoms with van der Waals surface area (Å²) in [6, 6.07) is 0. The van der Waals surface area contributed by atoms with Gasteiger partial charge in [-0.15, -0.1) is 0 Å². The first-order chi connectivity index (χ1) is 5.47. The molecular formula is C7H13N3O. The van der Waals surface area contributed by atoms with E-state index in [0.717, 1.165) is 13.1 Å². The van der Waals surface area contributed by atoms with Crippen molar-refractivity contribution >= 4 is 0 Å². The van der Waals surface area contributed by atoms with Crippen LogP contribution >= 0.6 is 0 Å². The molecule has 1 N–H and O–H groups in total. The molecule has 0 bridgehead atoms. The van der Waals surface area contributed by atoms with Gasteiger partial charge in [-0.3, -0.25) is 0 Å². The Hall–Kier alpha value is -0.740. The third kappa shape index (κ3) is 1.46. The van der Waals surface area contributed by atoms with Crippen LogP contribution in [0.25, 0.3) is 0 Å². The fourth-order valence-electron chi connectivity index (χ4n) is 1.45. The molecule has 0 aromatic rings. The van der Waals surface area contributed by atoms with E-state index >= 15 is 0 Å². The third-order valence-corrected chi connectivity index (χ3v) is 2.05. The van der Waals surface area contributed by atoms with Crippen molar-refractivity contribution in [3.05, 3.63) is 12.5 Å². The fraction of sp³-hybridized carbons (Fsp3) is 0.714. The summed E-state index contributed by atoms with van der Waals surface area (Å²) in [5.74, 6) is 0. The highest BCUT2D eigenvalue weighted by atomic mass is 16.7. The topological polar surface area (TPSA) is 27.7 Å². The standard InChI is InChI=1S/C7H13N3O/c1-2-4-9(5-3-1)10-6-7-11-8-10/h6-8H,1-5H2. The zero-order valence-electron chi connectivity index (χ0n) is 6.49. The van der Waals surface area contributed by atoms with Crippen molar-refractivity contribution in [3.63, 3.8) is 0 Å². The lowest BCUT2D eigenvalue weighted by Gasteiger charge is -2.32. The molecule has 4 heteroatoms. The van der Waals surface area contributed by atoms with Gasteiger partial charge in [0.05, 0.1) is 6.20 Å². The first kappa shape index (κ1) is 6.94. The average molecular weight is 155 g/mol. The molecule has 11 heavy (non-hydrogen) atoms. The molecule has 0 radical (unpaired) electrons. The van der Waals surface area contributed by atoms with Crippen LogP contribution in [-0.4, -0.2) is 23.2 Å². The number of rotatable bonds is 1. The third-order valence-electron chi connectivity index (χ3n) is 2.05. The van der Waals surface area contributed by atoms with Crippen molar-refractivity contribution in [2.75, 3.05) is 13.1 Å². The summed E-state index contributed by atoms with van der Waals surface area (Å²) in [4.78, 5) is 4.86. The molecule has 0 aromatic heterocycles. The van der Waals surface area contributed by atoms with Crippen LogP contribution in [0, 0.1) is 0 Å². The molecule has 1 saturated heterocycles. The Bertz CT molecular complexity index is 154. The summed E-state index contributed by atoms with van der Waals surface area (Å²) >= 11 is 0. The van der Waals surface area contributed by atoms with Gasteiger partial charge in [0.25, 0.3) is 0 Å². The minimum atomic E-state index is 1.13. The van der Waals surface area contributed by atoms with Crippen molar-refractivity contribution in [1.29, 1.82) is 0 Å². The SMILES string of the molecule is C1=CN(N2CCCCC2)NO1. The average Bonchev–Trinajstić information content (AvgIpc) is 2.58. The van der Waals surface area contributed by atoms with Gasteiger partial charge in [-0.25, -0.2) is 10.1 Å². The Morgan fingerprint density at radius 1 is 1.18 bits per heavy atom. The van der Waals surface area contributed by atoms with E-state index in [4.69, 9.17) is 4.84 Å². The number of nitrogens with zero attached hydrogens (tertiary/aromatic N) is 2. The predicted octanol–water partition coefficient (Wildman–Crippen LogP) is 0.610. The van der Waals surface area contributed by atoms with Gasteiger partial charge in [-0.05, 0) is 12.8 Å². The van der Waals surface area contributed by atoms with Gasteiger partial charge in [-0.1, -0.05) is 12.0 Å². The molecule has 0 atom stereocenters. The molecule has 0 aliphatic carbocycles. The molecule has 0 aromatic carbocycles. The van der Waals surface area contributed by atoms with Crippen molar-refractivity contribution in [3.8, 4) is 0 Å². The summed E-state index contributed by atoms with van der Waals surface area (Å²) in [7, 11) is 0. The van der Waals surface area contributed by atoms with Crippen LogP contribution < -0.4 is 5.59 Å². The van der Waals surface area contributed by atoms with Crippen molar-refractivity contribution in [2.24, 2.45) is 0 Å². The highest BCUT2D eigenvalue weighted by Gasteiger charge is 2.17. The van der Waals surface area contributed by atoms with Crippen LogP contribution in [0.2, 0.25) is 0 Å². The van der Waals surface area contributed by atoms with Crippen LogP contribution in [0.4, 0.5) is 0 Å². The van der Waals surface area contributed by atoms with Gasteiger partial charge in [0.1, 0.15) is 6.26 Å². The molecule has 4 nitrogen and oxygen atoms in total. The van der Waals surface area contributed by atoms with E-state index < -0.39 is 0 Å². The maximum atomic E-state index is 4.86. The molecule has 1 fully saturated rings. The highest BCUT2D eigenvalue weighted by molar-refractivity contribution is 4.75. The molecule has 2 aliphatic rings. The van der Waals surface area contributed by atoms with Gasteiger partial charge in [-0.2, -0.15) is 0 Å². The number of piperidine rings is 1. The van der Waals surface area contributed by atoms with Crippen LogP contribution in [0.1, 0.15) is 19.3 Å². The summed E-state index contributed by atoms with van der Waals surface area (Å²) in [5.41, 5.74) is 2.77. The first-order valence-corrected chi connectivity index (χ1v) is 4.09. The monoisotopic (exact) mass is 155 g/mol. The number of hydrogen-bond acceptors (Lipinski definition) is 4. The zero-order chi connectivity index (χ0) is 7.52. The molecular weight excluding hydrogens is 142 g/mol. The molecule has 0 amide bonds. The van der Waals surface area contributed by atoms with Gasteiger partial charge >= 0.3 is 0 Å². The van der Waals surface area contributed by atoms with E-state index in [9.17, 15) is 0 Å². The number of nitrogens with one attached hydrogen (secondary N) is 1. The lowest BCUT2D eigenvalue weighted by atomic mass is 10.2. The van der Waals surface area contributed by atoms with Crippen LogP contribution in [0.5, 0.6) is 0 Å². The van der Waals surface area contributed by atoms with Crippen molar-refractivity contribution in [2.45, 2.75) is 19.3 Å². The minimum absolute atomic E-state index is 1.13.